The second kappa shape index (κ2) is 6.32. The number of hydrogen-bond acceptors (Lipinski definition) is 5. The maximum absolute atomic E-state index is 12.3. The minimum Gasteiger partial charge on any atom is -0.452 e. The molecule has 1 aromatic heterocycles. The van der Waals surface area contributed by atoms with Crippen molar-refractivity contribution in [3.63, 3.8) is 0 Å². The molecule has 0 fully saturated rings. The Labute approximate surface area is 118 Å². The van der Waals surface area contributed by atoms with Crippen LogP contribution in [-0.4, -0.2) is 16.1 Å². The molecular formula is C15H18N2O3. The smallest absolute Gasteiger partial charge is 0.314 e. The highest BCUT2D eigenvalue weighted by Crippen LogP contribution is 2.24. The van der Waals surface area contributed by atoms with Gasteiger partial charge in [-0.25, -0.2) is 0 Å². The third-order valence-corrected chi connectivity index (χ3v) is 3.08. The Morgan fingerprint density at radius 1 is 1.35 bits per heavy atom. The van der Waals surface area contributed by atoms with Crippen LogP contribution in [0.1, 0.15) is 49.6 Å². The van der Waals surface area contributed by atoms with Crippen molar-refractivity contribution >= 4 is 5.97 Å². The summed E-state index contributed by atoms with van der Waals surface area (Å²) in [6, 6.07) is 9.60. The van der Waals surface area contributed by atoms with Gasteiger partial charge >= 0.3 is 5.97 Å². The van der Waals surface area contributed by atoms with Crippen LogP contribution >= 0.6 is 0 Å². The van der Waals surface area contributed by atoms with Gasteiger partial charge in [0.2, 0.25) is 0 Å². The number of aromatic nitrogens is 2. The topological polar surface area (TPSA) is 65.2 Å². The fraction of sp³-hybridized carbons (Fsp3) is 0.400. The van der Waals surface area contributed by atoms with E-state index in [0.717, 1.165) is 5.56 Å². The standard InChI is InChI=1S/C15H18N2O3/c1-4-13(12-8-6-5-7-9-12)15(18)19-10(2)14-16-11(3)17-20-14/h5-10,13H,4H2,1-3H3. The number of carbonyl (C=O) groups excluding carboxylic acids is 1. The average Bonchev–Trinajstić information content (AvgIpc) is 2.87. The summed E-state index contributed by atoms with van der Waals surface area (Å²) in [6.45, 7) is 5.41. The van der Waals surface area contributed by atoms with Crippen LogP contribution in [0.2, 0.25) is 0 Å². The van der Waals surface area contributed by atoms with E-state index in [1.165, 1.54) is 0 Å². The molecule has 0 saturated carbocycles. The first-order valence-electron chi connectivity index (χ1n) is 6.67. The Morgan fingerprint density at radius 3 is 2.60 bits per heavy atom. The Kier molecular flexibility index (Phi) is 4.50. The number of esters is 1. The summed E-state index contributed by atoms with van der Waals surface area (Å²) in [5.74, 6) is 0.293. The molecule has 106 valence electrons. The number of hydrogen-bond donors (Lipinski definition) is 0. The monoisotopic (exact) mass is 274 g/mol. The molecule has 0 bridgehead atoms. The number of rotatable bonds is 5. The summed E-state index contributed by atoms with van der Waals surface area (Å²) in [6.07, 6.45) is 0.139. The summed E-state index contributed by atoms with van der Waals surface area (Å²) in [5.41, 5.74) is 0.953. The molecule has 0 aliphatic heterocycles. The Morgan fingerprint density at radius 2 is 2.05 bits per heavy atom. The molecule has 1 heterocycles. The first kappa shape index (κ1) is 14.2. The summed E-state index contributed by atoms with van der Waals surface area (Å²) >= 11 is 0. The van der Waals surface area contributed by atoms with Crippen LogP contribution in [0.4, 0.5) is 0 Å². The van der Waals surface area contributed by atoms with Crippen molar-refractivity contribution in [3.05, 3.63) is 47.6 Å². The van der Waals surface area contributed by atoms with Crippen LogP contribution in [0.5, 0.6) is 0 Å². The molecule has 0 saturated heterocycles. The Bertz CT molecular complexity index is 566. The average molecular weight is 274 g/mol. The molecule has 0 N–H and O–H groups in total. The number of ether oxygens (including phenoxy) is 1. The first-order chi connectivity index (χ1) is 9.61. The quantitative estimate of drug-likeness (QED) is 0.783. The molecule has 1 aromatic carbocycles. The first-order valence-corrected chi connectivity index (χ1v) is 6.67. The zero-order valence-corrected chi connectivity index (χ0v) is 11.9. The zero-order chi connectivity index (χ0) is 14.5. The van der Waals surface area contributed by atoms with Crippen LogP contribution in [0, 0.1) is 6.92 Å². The molecule has 0 radical (unpaired) electrons. The van der Waals surface area contributed by atoms with Gasteiger partial charge in [-0.1, -0.05) is 42.4 Å². The highest BCUT2D eigenvalue weighted by Gasteiger charge is 2.24. The van der Waals surface area contributed by atoms with Crippen LogP contribution < -0.4 is 0 Å². The van der Waals surface area contributed by atoms with Gasteiger partial charge in [-0.15, -0.1) is 0 Å². The van der Waals surface area contributed by atoms with Crippen molar-refractivity contribution in [3.8, 4) is 0 Å². The third-order valence-electron chi connectivity index (χ3n) is 3.08. The highest BCUT2D eigenvalue weighted by atomic mass is 16.6. The molecule has 0 aliphatic rings. The van der Waals surface area contributed by atoms with E-state index in [2.05, 4.69) is 10.1 Å². The molecule has 5 heteroatoms. The fourth-order valence-corrected chi connectivity index (χ4v) is 2.01. The summed E-state index contributed by atoms with van der Waals surface area (Å²) in [5, 5.41) is 3.69. The number of benzene rings is 1. The van der Waals surface area contributed by atoms with E-state index in [1.807, 2.05) is 37.3 Å². The largest absolute Gasteiger partial charge is 0.452 e. The number of aryl methyl sites for hydroxylation is 1. The second-order valence-corrected chi connectivity index (χ2v) is 4.63. The molecule has 2 rings (SSSR count). The molecule has 0 aliphatic carbocycles. The molecule has 0 amide bonds. The van der Waals surface area contributed by atoms with Gasteiger partial charge in [0.1, 0.15) is 0 Å². The molecule has 0 spiro atoms. The van der Waals surface area contributed by atoms with Crippen LogP contribution in [-0.2, 0) is 9.53 Å². The summed E-state index contributed by atoms with van der Waals surface area (Å²) in [7, 11) is 0. The lowest BCUT2D eigenvalue weighted by molar-refractivity contribution is -0.151. The predicted octanol–water partition coefficient (Wildman–Crippen LogP) is 3.18. The third kappa shape index (κ3) is 3.23. The van der Waals surface area contributed by atoms with Crippen molar-refractivity contribution < 1.29 is 14.1 Å². The molecule has 5 nitrogen and oxygen atoms in total. The molecule has 2 unspecified atom stereocenters. The van der Waals surface area contributed by atoms with Gasteiger partial charge in [0.25, 0.3) is 5.89 Å². The summed E-state index contributed by atoms with van der Waals surface area (Å²) in [4.78, 5) is 16.3. The zero-order valence-electron chi connectivity index (χ0n) is 11.9. The highest BCUT2D eigenvalue weighted by molar-refractivity contribution is 5.78. The van der Waals surface area contributed by atoms with E-state index >= 15 is 0 Å². The lowest BCUT2D eigenvalue weighted by atomic mass is 9.97. The summed E-state index contributed by atoms with van der Waals surface area (Å²) < 4.78 is 10.4. The van der Waals surface area contributed by atoms with E-state index in [9.17, 15) is 4.79 Å². The number of nitrogens with zero attached hydrogens (tertiary/aromatic N) is 2. The lowest BCUT2D eigenvalue weighted by Crippen LogP contribution is -2.17. The minimum atomic E-state index is -0.540. The van der Waals surface area contributed by atoms with Crippen molar-refractivity contribution in [2.75, 3.05) is 0 Å². The van der Waals surface area contributed by atoms with Crippen molar-refractivity contribution in [1.82, 2.24) is 10.1 Å². The van der Waals surface area contributed by atoms with Gasteiger partial charge in [-0.2, -0.15) is 4.98 Å². The Balaban J connectivity index is 2.06. The van der Waals surface area contributed by atoms with Gasteiger partial charge in [0, 0.05) is 0 Å². The van der Waals surface area contributed by atoms with E-state index < -0.39 is 6.10 Å². The molecule has 2 atom stereocenters. The minimum absolute atomic E-state index is 0.275. The molecule has 2 aromatic rings. The van der Waals surface area contributed by atoms with E-state index in [-0.39, 0.29) is 11.9 Å². The molecule has 20 heavy (non-hydrogen) atoms. The van der Waals surface area contributed by atoms with Crippen molar-refractivity contribution in [2.24, 2.45) is 0 Å². The van der Waals surface area contributed by atoms with Gasteiger partial charge in [-0.3, -0.25) is 4.79 Å². The van der Waals surface area contributed by atoms with Crippen LogP contribution in [0.25, 0.3) is 0 Å². The fourth-order valence-electron chi connectivity index (χ4n) is 2.01. The van der Waals surface area contributed by atoms with Gasteiger partial charge in [0.05, 0.1) is 5.92 Å². The second-order valence-electron chi connectivity index (χ2n) is 4.63. The van der Waals surface area contributed by atoms with Gasteiger partial charge in [0.15, 0.2) is 11.9 Å². The number of carbonyl (C=O) groups is 1. The Hall–Kier alpha value is -2.17. The van der Waals surface area contributed by atoms with E-state index in [0.29, 0.717) is 18.1 Å². The van der Waals surface area contributed by atoms with E-state index in [1.54, 1.807) is 13.8 Å². The maximum Gasteiger partial charge on any atom is 0.314 e. The normalized spacial score (nSPS) is 13.8. The van der Waals surface area contributed by atoms with Crippen LogP contribution in [0.3, 0.4) is 0 Å². The molecular weight excluding hydrogens is 256 g/mol. The van der Waals surface area contributed by atoms with Gasteiger partial charge in [-0.05, 0) is 25.8 Å². The maximum atomic E-state index is 12.3. The predicted molar refractivity (Wildman–Crippen MR) is 73.0 cm³/mol. The van der Waals surface area contributed by atoms with Gasteiger partial charge < -0.3 is 9.26 Å². The van der Waals surface area contributed by atoms with Crippen molar-refractivity contribution in [1.29, 1.82) is 0 Å². The van der Waals surface area contributed by atoms with Crippen molar-refractivity contribution in [2.45, 2.75) is 39.2 Å². The SMILES string of the molecule is CCC(C(=O)OC(C)c1nc(C)no1)c1ccccc1. The lowest BCUT2D eigenvalue weighted by Gasteiger charge is -2.16. The van der Waals surface area contributed by atoms with Crippen LogP contribution in [0.15, 0.2) is 34.9 Å². The van der Waals surface area contributed by atoms with E-state index in [4.69, 9.17) is 9.26 Å².